The maximum Gasteiger partial charge on any atom is 0.139 e. The molecule has 0 aliphatic carbocycles. The lowest BCUT2D eigenvalue weighted by atomic mass is 10.2. The molecule has 1 unspecified atom stereocenters. The number of H-pyrrole nitrogens is 1. The van der Waals surface area contributed by atoms with Crippen LogP contribution in [-0.4, -0.2) is 9.97 Å². The third-order valence-corrected chi connectivity index (χ3v) is 2.74. The molecule has 3 rings (SSSR count). The van der Waals surface area contributed by atoms with Crippen LogP contribution in [0, 0.1) is 0 Å². The van der Waals surface area contributed by atoms with Gasteiger partial charge in [-0.15, -0.1) is 0 Å². The summed E-state index contributed by atoms with van der Waals surface area (Å²) >= 11 is 0. The Morgan fingerprint density at radius 2 is 2.24 bits per heavy atom. The summed E-state index contributed by atoms with van der Waals surface area (Å²) in [5.74, 6) is 1.74. The molecule has 2 N–H and O–H groups in total. The molecule has 86 valence electrons. The van der Waals surface area contributed by atoms with Gasteiger partial charge >= 0.3 is 0 Å². The Labute approximate surface area is 98.7 Å². The van der Waals surface area contributed by atoms with Crippen LogP contribution in [0.3, 0.4) is 0 Å². The zero-order valence-electron chi connectivity index (χ0n) is 9.47. The molecule has 0 saturated carbocycles. The van der Waals surface area contributed by atoms with E-state index in [9.17, 15) is 0 Å². The van der Waals surface area contributed by atoms with Gasteiger partial charge in [0.2, 0.25) is 0 Å². The third-order valence-electron chi connectivity index (χ3n) is 2.74. The number of hydrogen-bond acceptors (Lipinski definition) is 3. The van der Waals surface area contributed by atoms with E-state index in [1.54, 1.807) is 6.26 Å². The van der Waals surface area contributed by atoms with Crippen LogP contribution >= 0.6 is 0 Å². The van der Waals surface area contributed by atoms with E-state index < -0.39 is 0 Å². The molecule has 0 amide bonds. The summed E-state index contributed by atoms with van der Waals surface area (Å²) in [6, 6.07) is 9.94. The highest BCUT2D eigenvalue weighted by Gasteiger charge is 2.08. The molecule has 3 aromatic rings. The Morgan fingerprint density at radius 1 is 1.29 bits per heavy atom. The lowest BCUT2D eigenvalue weighted by Crippen LogP contribution is -2.06. The van der Waals surface area contributed by atoms with Crippen LogP contribution in [-0.2, 0) is 0 Å². The average Bonchev–Trinajstić information content (AvgIpc) is 2.99. The number of fused-ring (bicyclic) bond motifs is 1. The number of aromatic nitrogens is 2. The molecule has 0 bridgehead atoms. The van der Waals surface area contributed by atoms with Crippen molar-refractivity contribution < 1.29 is 4.42 Å². The summed E-state index contributed by atoms with van der Waals surface area (Å²) in [7, 11) is 0. The van der Waals surface area contributed by atoms with Crippen molar-refractivity contribution in [3.8, 4) is 0 Å². The van der Waals surface area contributed by atoms with Crippen LogP contribution in [0.15, 0.2) is 47.2 Å². The van der Waals surface area contributed by atoms with Gasteiger partial charge in [-0.05, 0) is 37.3 Å². The number of rotatable bonds is 3. The van der Waals surface area contributed by atoms with Gasteiger partial charge < -0.3 is 14.7 Å². The van der Waals surface area contributed by atoms with Gasteiger partial charge in [-0.2, -0.15) is 0 Å². The number of nitrogens with one attached hydrogen (secondary N) is 2. The summed E-state index contributed by atoms with van der Waals surface area (Å²) in [4.78, 5) is 7.57. The van der Waals surface area contributed by atoms with Crippen LogP contribution in [0.4, 0.5) is 5.82 Å². The van der Waals surface area contributed by atoms with E-state index in [2.05, 4.69) is 15.3 Å². The monoisotopic (exact) mass is 227 g/mol. The summed E-state index contributed by atoms with van der Waals surface area (Å²) in [5.41, 5.74) is 0.890. The first-order valence-corrected chi connectivity index (χ1v) is 5.57. The maximum absolute atomic E-state index is 5.34. The minimum absolute atomic E-state index is 0.102. The average molecular weight is 227 g/mol. The van der Waals surface area contributed by atoms with Gasteiger partial charge in [0.25, 0.3) is 0 Å². The Hall–Kier alpha value is -2.23. The first kappa shape index (κ1) is 9.96. The molecule has 0 saturated heterocycles. The van der Waals surface area contributed by atoms with Crippen molar-refractivity contribution in [2.24, 2.45) is 0 Å². The molecule has 17 heavy (non-hydrogen) atoms. The second-order valence-corrected chi connectivity index (χ2v) is 3.99. The molecule has 4 nitrogen and oxygen atoms in total. The first-order chi connectivity index (χ1) is 8.33. The van der Waals surface area contributed by atoms with Crippen LogP contribution in [0.2, 0.25) is 0 Å². The third kappa shape index (κ3) is 1.89. The van der Waals surface area contributed by atoms with Gasteiger partial charge in [-0.3, -0.25) is 0 Å². The normalized spacial score (nSPS) is 12.8. The minimum atomic E-state index is 0.102. The zero-order valence-corrected chi connectivity index (χ0v) is 9.47. The van der Waals surface area contributed by atoms with Crippen molar-refractivity contribution in [3.63, 3.8) is 0 Å². The van der Waals surface area contributed by atoms with Gasteiger partial charge in [0.05, 0.1) is 12.3 Å². The van der Waals surface area contributed by atoms with Crippen molar-refractivity contribution >= 4 is 16.9 Å². The molecule has 0 radical (unpaired) electrons. The molecule has 0 aliphatic rings. The van der Waals surface area contributed by atoms with Gasteiger partial charge in [-0.25, -0.2) is 4.98 Å². The molecule has 0 aromatic carbocycles. The fraction of sp³-hybridized carbons (Fsp3) is 0.154. The number of anilines is 1. The fourth-order valence-corrected chi connectivity index (χ4v) is 1.84. The van der Waals surface area contributed by atoms with Gasteiger partial charge in [0.1, 0.15) is 17.2 Å². The number of pyridine rings is 1. The van der Waals surface area contributed by atoms with Crippen LogP contribution in [0.1, 0.15) is 18.7 Å². The molecule has 0 fully saturated rings. The predicted octanol–water partition coefficient (Wildman–Crippen LogP) is 3.33. The van der Waals surface area contributed by atoms with Crippen molar-refractivity contribution in [2.75, 3.05) is 5.32 Å². The summed E-state index contributed by atoms with van der Waals surface area (Å²) in [6.45, 7) is 2.04. The molecular weight excluding hydrogens is 214 g/mol. The smallest absolute Gasteiger partial charge is 0.139 e. The van der Waals surface area contributed by atoms with Crippen molar-refractivity contribution in [1.82, 2.24) is 9.97 Å². The Balaban J connectivity index is 1.84. The Bertz CT molecular complexity index is 612. The standard InChI is InChI=1S/C13H13N3O/c1-9(11-3-2-8-17-11)15-12-5-4-10-6-7-14-13(10)16-12/h2-9H,1H3,(H2,14,15,16). The lowest BCUT2D eigenvalue weighted by Gasteiger charge is -2.11. The molecule has 4 heteroatoms. The SMILES string of the molecule is CC(Nc1ccc2cc[nH]c2n1)c1ccco1. The quantitative estimate of drug-likeness (QED) is 0.721. The predicted molar refractivity (Wildman–Crippen MR) is 66.8 cm³/mol. The van der Waals surface area contributed by atoms with Crippen LogP contribution in [0.5, 0.6) is 0 Å². The number of hydrogen-bond donors (Lipinski definition) is 2. The van der Waals surface area contributed by atoms with E-state index in [1.165, 1.54) is 0 Å². The van der Waals surface area contributed by atoms with E-state index in [4.69, 9.17) is 4.42 Å². The molecular formula is C13H13N3O. The topological polar surface area (TPSA) is 53.9 Å². The van der Waals surface area contributed by atoms with Crippen molar-refractivity contribution in [1.29, 1.82) is 0 Å². The zero-order chi connectivity index (χ0) is 11.7. The largest absolute Gasteiger partial charge is 0.467 e. The van der Waals surface area contributed by atoms with E-state index in [0.29, 0.717) is 0 Å². The summed E-state index contributed by atoms with van der Waals surface area (Å²) in [5, 5.41) is 4.41. The minimum Gasteiger partial charge on any atom is -0.467 e. The molecule has 0 aliphatic heterocycles. The van der Waals surface area contributed by atoms with E-state index in [0.717, 1.165) is 22.6 Å². The van der Waals surface area contributed by atoms with Gasteiger partial charge in [0.15, 0.2) is 0 Å². The molecule has 0 spiro atoms. The molecule has 3 heterocycles. The van der Waals surface area contributed by atoms with Gasteiger partial charge in [-0.1, -0.05) is 0 Å². The highest BCUT2D eigenvalue weighted by Crippen LogP contribution is 2.20. The molecule has 3 aromatic heterocycles. The summed E-state index contributed by atoms with van der Waals surface area (Å²) in [6.07, 6.45) is 3.56. The lowest BCUT2D eigenvalue weighted by molar-refractivity contribution is 0.490. The first-order valence-electron chi connectivity index (χ1n) is 5.57. The highest BCUT2D eigenvalue weighted by molar-refractivity contribution is 5.77. The van der Waals surface area contributed by atoms with Crippen LogP contribution < -0.4 is 5.32 Å². The number of aromatic amines is 1. The number of furan rings is 1. The van der Waals surface area contributed by atoms with E-state index in [-0.39, 0.29) is 6.04 Å². The fourth-order valence-electron chi connectivity index (χ4n) is 1.84. The highest BCUT2D eigenvalue weighted by atomic mass is 16.3. The van der Waals surface area contributed by atoms with Crippen molar-refractivity contribution in [3.05, 3.63) is 48.6 Å². The second kappa shape index (κ2) is 3.97. The number of nitrogens with zero attached hydrogens (tertiary/aromatic N) is 1. The Kier molecular flexibility index (Phi) is 2.33. The summed E-state index contributed by atoms with van der Waals surface area (Å²) < 4.78 is 5.34. The maximum atomic E-state index is 5.34. The van der Waals surface area contributed by atoms with Gasteiger partial charge in [0, 0.05) is 11.6 Å². The van der Waals surface area contributed by atoms with Crippen molar-refractivity contribution in [2.45, 2.75) is 13.0 Å². The van der Waals surface area contributed by atoms with E-state index >= 15 is 0 Å². The van der Waals surface area contributed by atoms with E-state index in [1.807, 2.05) is 43.5 Å². The molecule has 1 atom stereocenters. The van der Waals surface area contributed by atoms with Crippen LogP contribution in [0.25, 0.3) is 11.0 Å². The Morgan fingerprint density at radius 3 is 3.06 bits per heavy atom. The second-order valence-electron chi connectivity index (χ2n) is 3.99.